The van der Waals surface area contributed by atoms with Crippen molar-refractivity contribution in [3.05, 3.63) is 47.0 Å². The van der Waals surface area contributed by atoms with E-state index in [2.05, 4.69) is 4.98 Å². The molecule has 1 saturated heterocycles. The number of pyridine rings is 1. The van der Waals surface area contributed by atoms with Crippen LogP contribution in [-0.4, -0.2) is 56.8 Å². The van der Waals surface area contributed by atoms with E-state index in [1.807, 2.05) is 0 Å². The zero-order valence-corrected chi connectivity index (χ0v) is 19.1. The number of amides is 1. The number of carbonyl (C=O) groups is 1. The molecule has 1 aromatic carbocycles. The maximum absolute atomic E-state index is 14.2. The summed E-state index contributed by atoms with van der Waals surface area (Å²) in [6.07, 6.45) is -3.53. The van der Waals surface area contributed by atoms with Crippen LogP contribution in [0.2, 0.25) is 0 Å². The number of likely N-dealkylation sites (tertiary alicyclic amines) is 1. The predicted octanol–water partition coefficient (Wildman–Crippen LogP) is 3.68. The van der Waals surface area contributed by atoms with Crippen molar-refractivity contribution in [1.29, 1.82) is 0 Å². The lowest BCUT2D eigenvalue weighted by Gasteiger charge is -2.39. The molecule has 1 aliphatic heterocycles. The minimum atomic E-state index is -4.72. The number of benzene rings is 1. The zero-order valence-electron chi connectivity index (χ0n) is 18.2. The summed E-state index contributed by atoms with van der Waals surface area (Å²) in [6, 6.07) is 3.02. The number of rotatable bonds is 6. The van der Waals surface area contributed by atoms with Gasteiger partial charge < -0.3 is 14.4 Å². The van der Waals surface area contributed by atoms with Crippen molar-refractivity contribution in [2.24, 2.45) is 0 Å². The number of carbonyl (C=O) groups excluding carboxylic acids is 1. The van der Waals surface area contributed by atoms with Gasteiger partial charge in [0.25, 0.3) is 5.91 Å². The Hall–Kier alpha value is -2.89. The van der Waals surface area contributed by atoms with Crippen molar-refractivity contribution in [2.45, 2.75) is 36.9 Å². The van der Waals surface area contributed by atoms with Crippen LogP contribution >= 0.6 is 0 Å². The Morgan fingerprint density at radius 3 is 2.36 bits per heavy atom. The van der Waals surface area contributed by atoms with Gasteiger partial charge in [-0.25, -0.2) is 12.8 Å². The maximum Gasteiger partial charge on any atom is 0.417 e. The summed E-state index contributed by atoms with van der Waals surface area (Å²) in [4.78, 5) is 17.9. The molecule has 12 heteroatoms. The van der Waals surface area contributed by atoms with E-state index in [-0.39, 0.29) is 46.8 Å². The highest BCUT2D eigenvalue weighted by Crippen LogP contribution is 2.39. The Balaban J connectivity index is 1.91. The first-order valence-corrected chi connectivity index (χ1v) is 11.7. The van der Waals surface area contributed by atoms with Crippen molar-refractivity contribution in [3.8, 4) is 11.5 Å². The van der Waals surface area contributed by atoms with Gasteiger partial charge in [-0.3, -0.25) is 9.78 Å². The van der Waals surface area contributed by atoms with Gasteiger partial charge in [-0.2, -0.15) is 13.2 Å². The molecule has 180 valence electrons. The van der Waals surface area contributed by atoms with Gasteiger partial charge in [0, 0.05) is 31.5 Å². The second kappa shape index (κ2) is 8.81. The summed E-state index contributed by atoms with van der Waals surface area (Å²) in [6.45, 7) is 3.40. The lowest BCUT2D eigenvalue weighted by Crippen LogP contribution is -2.49. The van der Waals surface area contributed by atoms with Gasteiger partial charge in [-0.1, -0.05) is 0 Å². The van der Waals surface area contributed by atoms with Gasteiger partial charge in [0.1, 0.15) is 22.0 Å². The number of hydrogen-bond donors (Lipinski definition) is 0. The first-order valence-electron chi connectivity index (χ1n) is 9.83. The monoisotopic (exact) mass is 490 g/mol. The highest BCUT2D eigenvalue weighted by atomic mass is 32.2. The third-order valence-corrected chi connectivity index (χ3v) is 6.14. The molecular formula is C21H22F4N2O5S. The topological polar surface area (TPSA) is 85.8 Å². The second-order valence-corrected chi connectivity index (χ2v) is 9.89. The Labute approximate surface area is 188 Å². The van der Waals surface area contributed by atoms with Crippen LogP contribution in [0, 0.1) is 5.82 Å². The van der Waals surface area contributed by atoms with Crippen molar-refractivity contribution < 1.29 is 40.2 Å². The van der Waals surface area contributed by atoms with Gasteiger partial charge in [0.15, 0.2) is 15.6 Å². The highest BCUT2D eigenvalue weighted by Gasteiger charge is 2.39. The van der Waals surface area contributed by atoms with Crippen LogP contribution in [0.15, 0.2) is 29.3 Å². The largest absolute Gasteiger partial charge is 0.494 e. The fourth-order valence-corrected chi connectivity index (χ4v) is 4.31. The van der Waals surface area contributed by atoms with Gasteiger partial charge in [0.05, 0.1) is 24.5 Å². The molecule has 0 atom stereocenters. The van der Waals surface area contributed by atoms with E-state index in [0.717, 1.165) is 6.26 Å². The molecule has 3 rings (SSSR count). The molecule has 1 amide bonds. The highest BCUT2D eigenvalue weighted by molar-refractivity contribution is 7.90. The van der Waals surface area contributed by atoms with Crippen LogP contribution in [0.25, 0.3) is 0 Å². The number of ether oxygens (including phenoxy) is 2. The van der Waals surface area contributed by atoms with Crippen molar-refractivity contribution in [3.63, 3.8) is 0 Å². The molecule has 0 saturated carbocycles. The fraction of sp³-hybridized carbons (Fsp3) is 0.429. The van der Waals surface area contributed by atoms with E-state index >= 15 is 0 Å². The van der Waals surface area contributed by atoms with Crippen LogP contribution < -0.4 is 9.47 Å². The Kier molecular flexibility index (Phi) is 6.60. The molecule has 2 aromatic rings. The Bertz CT molecular complexity index is 1180. The first-order chi connectivity index (χ1) is 15.2. The molecule has 1 aromatic heterocycles. The summed E-state index contributed by atoms with van der Waals surface area (Å²) in [5.41, 5.74) is -1.48. The summed E-state index contributed by atoms with van der Waals surface area (Å²) in [7, 11) is -2.52. The number of aromatic nitrogens is 1. The van der Waals surface area contributed by atoms with E-state index in [1.54, 1.807) is 13.8 Å². The molecule has 0 unspecified atom stereocenters. The van der Waals surface area contributed by atoms with Gasteiger partial charge in [-0.05, 0) is 32.0 Å². The minimum Gasteiger partial charge on any atom is -0.494 e. The smallest absolute Gasteiger partial charge is 0.417 e. The van der Waals surface area contributed by atoms with Crippen molar-refractivity contribution in [1.82, 2.24) is 9.88 Å². The average molecular weight is 490 g/mol. The normalized spacial score (nSPS) is 14.9. The maximum atomic E-state index is 14.2. The van der Waals surface area contributed by atoms with Gasteiger partial charge in [0.2, 0.25) is 0 Å². The van der Waals surface area contributed by atoms with Gasteiger partial charge in [-0.15, -0.1) is 0 Å². The van der Waals surface area contributed by atoms with E-state index in [0.29, 0.717) is 12.3 Å². The van der Waals surface area contributed by atoms with Crippen LogP contribution in [0.4, 0.5) is 17.6 Å². The van der Waals surface area contributed by atoms with Crippen LogP contribution in [-0.2, 0) is 16.0 Å². The Morgan fingerprint density at radius 2 is 1.88 bits per heavy atom. The number of alkyl halides is 3. The van der Waals surface area contributed by atoms with E-state index in [9.17, 15) is 30.8 Å². The Morgan fingerprint density at radius 1 is 1.24 bits per heavy atom. The van der Waals surface area contributed by atoms with E-state index < -0.39 is 39.2 Å². The van der Waals surface area contributed by atoms with Gasteiger partial charge >= 0.3 is 6.18 Å². The number of halogens is 4. The molecule has 0 radical (unpaired) electrons. The zero-order chi connectivity index (χ0) is 24.7. The summed E-state index contributed by atoms with van der Waals surface area (Å²) >= 11 is 0. The van der Waals surface area contributed by atoms with Crippen molar-refractivity contribution >= 4 is 15.7 Å². The lowest BCUT2D eigenvalue weighted by atomic mass is 9.93. The number of hydrogen-bond acceptors (Lipinski definition) is 6. The quantitative estimate of drug-likeness (QED) is 0.575. The first kappa shape index (κ1) is 24.7. The summed E-state index contributed by atoms with van der Waals surface area (Å²) < 4.78 is 87.7. The number of sulfone groups is 1. The lowest BCUT2D eigenvalue weighted by molar-refractivity contribution is -0.138. The molecule has 7 nitrogen and oxygen atoms in total. The molecule has 1 aliphatic rings. The number of nitrogens with zero attached hydrogens (tertiary/aromatic N) is 2. The van der Waals surface area contributed by atoms with Crippen molar-refractivity contribution in [2.75, 3.05) is 26.5 Å². The molecule has 0 aliphatic carbocycles. The molecule has 0 spiro atoms. The third-order valence-electron chi connectivity index (χ3n) is 5.02. The molecular weight excluding hydrogens is 468 g/mol. The fourth-order valence-electron chi connectivity index (χ4n) is 3.47. The third kappa shape index (κ3) is 5.05. The summed E-state index contributed by atoms with van der Waals surface area (Å²) in [5.74, 6) is -2.40. The van der Waals surface area contributed by atoms with Crippen LogP contribution in [0.5, 0.6) is 11.5 Å². The van der Waals surface area contributed by atoms with E-state index in [1.165, 1.54) is 24.1 Å². The van der Waals surface area contributed by atoms with Crippen LogP contribution in [0.3, 0.4) is 0 Å². The average Bonchev–Trinajstić information content (AvgIpc) is 2.65. The molecule has 1 fully saturated rings. The van der Waals surface area contributed by atoms with E-state index in [4.69, 9.17) is 9.47 Å². The standard InChI is InChI=1S/C21H22F4N2O5S/c1-11(2)32-15-5-6-16(33(4,29)30)19(31-3)17(15)20(28)27-9-12(10-27)18-14(22)7-13(8-26-18)21(23,24)25/h5-8,11-12H,9-10H2,1-4H3. The SMILES string of the molecule is COc1c(S(C)(=O)=O)ccc(OC(C)C)c1C(=O)N1CC(c2ncc(C(F)(F)F)cc2F)C1. The predicted molar refractivity (Wildman–Crippen MR) is 110 cm³/mol. The second-order valence-electron chi connectivity index (χ2n) is 7.90. The molecule has 0 N–H and O–H groups in total. The summed E-state index contributed by atoms with van der Waals surface area (Å²) in [5, 5.41) is 0. The minimum absolute atomic E-state index is 0.0263. The molecule has 0 bridgehead atoms. The molecule has 2 heterocycles. The number of methoxy groups -OCH3 is 1. The molecule has 33 heavy (non-hydrogen) atoms. The van der Waals surface area contributed by atoms with Crippen LogP contribution in [0.1, 0.15) is 41.4 Å².